The fourth-order valence-electron chi connectivity index (χ4n) is 3.11. The summed E-state index contributed by atoms with van der Waals surface area (Å²) >= 11 is 0. The van der Waals surface area contributed by atoms with Gasteiger partial charge in [0.05, 0.1) is 0 Å². The first-order valence-corrected chi connectivity index (χ1v) is 8.74. The Morgan fingerprint density at radius 3 is 2.52 bits per heavy atom. The number of hydrogen-bond acceptors (Lipinski definition) is 2. The van der Waals surface area contributed by atoms with E-state index in [0.29, 0.717) is 5.75 Å². The van der Waals surface area contributed by atoms with Crippen molar-refractivity contribution in [2.45, 2.75) is 31.9 Å². The fourth-order valence-corrected chi connectivity index (χ4v) is 3.11. The summed E-state index contributed by atoms with van der Waals surface area (Å²) in [6, 6.07) is 8.54. The molecule has 0 atom stereocenters. The average molecular weight is 378 g/mol. The van der Waals surface area contributed by atoms with Crippen molar-refractivity contribution in [3.05, 3.63) is 53.1 Å². The molecule has 0 spiro atoms. The SMILES string of the molecule is CN(C)C(=O)Nc1ccc(Oc2cccc3c2CCCC3)c(C(F)(F)F)c1. The molecule has 4 nitrogen and oxygen atoms in total. The second-order valence-electron chi connectivity index (χ2n) is 6.74. The monoisotopic (exact) mass is 378 g/mol. The Labute approximate surface area is 155 Å². The number of amides is 2. The summed E-state index contributed by atoms with van der Waals surface area (Å²) in [4.78, 5) is 13.0. The maximum absolute atomic E-state index is 13.6. The van der Waals surface area contributed by atoms with Crippen LogP contribution >= 0.6 is 0 Å². The molecule has 0 unspecified atom stereocenters. The molecule has 0 bridgehead atoms. The summed E-state index contributed by atoms with van der Waals surface area (Å²) in [7, 11) is 3.02. The first-order valence-electron chi connectivity index (χ1n) is 8.74. The zero-order valence-corrected chi connectivity index (χ0v) is 15.2. The lowest BCUT2D eigenvalue weighted by molar-refractivity contribution is -0.138. The number of benzene rings is 2. The first kappa shape index (κ1) is 19.1. The number of hydrogen-bond donors (Lipinski definition) is 1. The topological polar surface area (TPSA) is 41.6 Å². The fraction of sp³-hybridized carbons (Fsp3) is 0.350. The van der Waals surface area contributed by atoms with Gasteiger partial charge in [-0.3, -0.25) is 0 Å². The summed E-state index contributed by atoms with van der Waals surface area (Å²) in [6.07, 6.45) is -0.833. The highest BCUT2D eigenvalue weighted by Crippen LogP contribution is 2.41. The van der Waals surface area contributed by atoms with Gasteiger partial charge in [0, 0.05) is 19.8 Å². The molecule has 2 aromatic carbocycles. The Morgan fingerprint density at radius 2 is 1.81 bits per heavy atom. The van der Waals surface area contributed by atoms with Gasteiger partial charge in [0.2, 0.25) is 0 Å². The largest absolute Gasteiger partial charge is 0.456 e. The van der Waals surface area contributed by atoms with E-state index in [9.17, 15) is 18.0 Å². The van der Waals surface area contributed by atoms with Crippen LogP contribution in [0.25, 0.3) is 0 Å². The molecular formula is C20H21F3N2O2. The van der Waals surface area contributed by atoms with Crippen LogP contribution in [0.3, 0.4) is 0 Å². The predicted octanol–water partition coefficient (Wildman–Crippen LogP) is 5.47. The molecule has 3 rings (SSSR count). The zero-order chi connectivity index (χ0) is 19.6. The van der Waals surface area contributed by atoms with E-state index in [4.69, 9.17) is 4.74 Å². The van der Waals surface area contributed by atoms with Crippen molar-refractivity contribution < 1.29 is 22.7 Å². The molecule has 0 saturated carbocycles. The molecule has 1 N–H and O–H groups in total. The Kier molecular flexibility index (Phi) is 5.30. The smallest absolute Gasteiger partial charge is 0.420 e. The highest BCUT2D eigenvalue weighted by Gasteiger charge is 2.35. The van der Waals surface area contributed by atoms with Crippen LogP contribution in [-0.4, -0.2) is 25.0 Å². The highest BCUT2D eigenvalue weighted by atomic mass is 19.4. The number of nitrogens with zero attached hydrogens (tertiary/aromatic N) is 1. The molecule has 27 heavy (non-hydrogen) atoms. The molecule has 0 aromatic heterocycles. The van der Waals surface area contributed by atoms with Crippen molar-refractivity contribution in [2.75, 3.05) is 19.4 Å². The summed E-state index contributed by atoms with van der Waals surface area (Å²) in [6.45, 7) is 0. The van der Waals surface area contributed by atoms with E-state index in [-0.39, 0.29) is 11.4 Å². The van der Waals surface area contributed by atoms with Gasteiger partial charge in [0.15, 0.2) is 0 Å². The Hall–Kier alpha value is -2.70. The van der Waals surface area contributed by atoms with Crippen LogP contribution in [0.1, 0.15) is 29.5 Å². The zero-order valence-electron chi connectivity index (χ0n) is 15.2. The number of rotatable bonds is 3. The molecule has 0 radical (unpaired) electrons. The number of halogens is 3. The lowest BCUT2D eigenvalue weighted by Crippen LogP contribution is -2.27. The molecule has 2 amide bonds. The molecule has 1 aliphatic carbocycles. The number of fused-ring (bicyclic) bond motifs is 1. The van der Waals surface area contributed by atoms with E-state index in [1.54, 1.807) is 12.1 Å². The first-order chi connectivity index (χ1) is 12.8. The van der Waals surface area contributed by atoms with Gasteiger partial charge in [0.1, 0.15) is 17.1 Å². The molecule has 0 heterocycles. The van der Waals surface area contributed by atoms with Crippen LogP contribution in [0.15, 0.2) is 36.4 Å². The third kappa shape index (κ3) is 4.35. The maximum Gasteiger partial charge on any atom is 0.420 e. The quantitative estimate of drug-likeness (QED) is 0.769. The summed E-state index contributed by atoms with van der Waals surface area (Å²) < 4.78 is 46.4. The Morgan fingerprint density at radius 1 is 1.07 bits per heavy atom. The van der Waals surface area contributed by atoms with E-state index in [2.05, 4.69) is 5.32 Å². The number of alkyl halides is 3. The van der Waals surface area contributed by atoms with Gasteiger partial charge in [0.25, 0.3) is 0 Å². The second-order valence-corrected chi connectivity index (χ2v) is 6.74. The number of anilines is 1. The van der Waals surface area contributed by atoms with Gasteiger partial charge in [-0.05, 0) is 61.1 Å². The third-order valence-corrected chi connectivity index (χ3v) is 4.52. The van der Waals surface area contributed by atoms with Gasteiger partial charge < -0.3 is 15.0 Å². The standard InChI is InChI=1S/C20H21F3N2O2/c1-25(2)19(26)24-14-10-11-18(16(12-14)20(21,22)23)27-17-9-5-7-13-6-3-4-8-15(13)17/h5,7,9-12H,3-4,6,8H2,1-2H3,(H,24,26). The minimum atomic E-state index is -4.61. The number of aryl methyl sites for hydroxylation is 1. The summed E-state index contributed by atoms with van der Waals surface area (Å²) in [5, 5.41) is 2.43. The van der Waals surface area contributed by atoms with Gasteiger partial charge in [-0.1, -0.05) is 12.1 Å². The number of ether oxygens (including phenoxy) is 1. The highest BCUT2D eigenvalue weighted by molar-refractivity contribution is 5.89. The number of urea groups is 1. The third-order valence-electron chi connectivity index (χ3n) is 4.52. The Bertz CT molecular complexity index is 848. The molecule has 0 aliphatic heterocycles. The van der Waals surface area contributed by atoms with Crippen LogP contribution in [0.4, 0.5) is 23.7 Å². The van der Waals surface area contributed by atoms with E-state index in [1.807, 2.05) is 6.07 Å². The number of carbonyl (C=O) groups is 1. The van der Waals surface area contributed by atoms with E-state index >= 15 is 0 Å². The number of carbonyl (C=O) groups excluding carboxylic acids is 1. The molecule has 2 aromatic rings. The minimum absolute atomic E-state index is 0.0588. The van der Waals surface area contributed by atoms with Crippen molar-refractivity contribution in [3.63, 3.8) is 0 Å². The van der Waals surface area contributed by atoms with Crippen molar-refractivity contribution in [2.24, 2.45) is 0 Å². The Balaban J connectivity index is 1.95. The van der Waals surface area contributed by atoms with Crippen molar-refractivity contribution in [1.82, 2.24) is 4.90 Å². The van der Waals surface area contributed by atoms with Crippen LogP contribution in [-0.2, 0) is 19.0 Å². The lowest BCUT2D eigenvalue weighted by Gasteiger charge is -2.21. The van der Waals surface area contributed by atoms with Crippen LogP contribution in [0.2, 0.25) is 0 Å². The van der Waals surface area contributed by atoms with Gasteiger partial charge >= 0.3 is 12.2 Å². The van der Waals surface area contributed by atoms with Gasteiger partial charge in [-0.2, -0.15) is 13.2 Å². The van der Waals surface area contributed by atoms with Gasteiger partial charge in [-0.15, -0.1) is 0 Å². The van der Waals surface area contributed by atoms with Crippen molar-refractivity contribution in [3.8, 4) is 11.5 Å². The molecule has 144 valence electrons. The molecule has 0 saturated heterocycles. The predicted molar refractivity (Wildman–Crippen MR) is 97.3 cm³/mol. The van der Waals surface area contributed by atoms with E-state index in [0.717, 1.165) is 42.9 Å². The molecular weight excluding hydrogens is 357 g/mol. The van der Waals surface area contributed by atoms with E-state index in [1.165, 1.54) is 31.1 Å². The average Bonchev–Trinajstić information content (AvgIpc) is 2.62. The molecule has 7 heteroatoms. The summed E-state index contributed by atoms with van der Waals surface area (Å²) in [5.74, 6) is 0.187. The van der Waals surface area contributed by atoms with E-state index < -0.39 is 17.8 Å². The number of nitrogens with one attached hydrogen (secondary N) is 1. The summed E-state index contributed by atoms with van der Waals surface area (Å²) in [5.41, 5.74) is 1.24. The lowest BCUT2D eigenvalue weighted by atomic mass is 9.91. The molecule has 1 aliphatic rings. The molecule has 0 fully saturated rings. The van der Waals surface area contributed by atoms with Crippen LogP contribution in [0.5, 0.6) is 11.5 Å². The van der Waals surface area contributed by atoms with Crippen LogP contribution < -0.4 is 10.1 Å². The second kappa shape index (κ2) is 7.50. The van der Waals surface area contributed by atoms with Crippen molar-refractivity contribution >= 4 is 11.7 Å². The normalized spacial score (nSPS) is 13.7. The van der Waals surface area contributed by atoms with Crippen LogP contribution in [0, 0.1) is 0 Å². The maximum atomic E-state index is 13.6. The minimum Gasteiger partial charge on any atom is -0.456 e. The van der Waals surface area contributed by atoms with Gasteiger partial charge in [-0.25, -0.2) is 4.79 Å². The van der Waals surface area contributed by atoms with Crippen molar-refractivity contribution in [1.29, 1.82) is 0 Å².